The molecule has 4 rings (SSSR count). The van der Waals surface area contributed by atoms with Crippen molar-refractivity contribution in [2.45, 2.75) is 18.3 Å². The van der Waals surface area contributed by atoms with E-state index in [0.717, 1.165) is 22.9 Å². The van der Waals surface area contributed by atoms with Gasteiger partial charge in [0.2, 0.25) is 5.91 Å². The lowest BCUT2D eigenvalue weighted by Gasteiger charge is -2.15. The van der Waals surface area contributed by atoms with E-state index >= 15 is 0 Å². The highest BCUT2D eigenvalue weighted by Gasteiger charge is 2.40. The molecular weight excluding hydrogens is 469 g/mol. The third-order valence-electron chi connectivity index (χ3n) is 4.96. The van der Waals surface area contributed by atoms with E-state index in [4.69, 9.17) is 32.7 Å². The van der Waals surface area contributed by atoms with Crippen LogP contribution in [0.2, 0.25) is 10.0 Å². The number of carbonyl (C=O) groups is 2. The Morgan fingerprint density at radius 1 is 0.875 bits per heavy atom. The minimum absolute atomic E-state index is 0.246. The number of thioether (sulfide) groups is 1. The molecule has 0 spiro atoms. The van der Waals surface area contributed by atoms with Crippen LogP contribution >= 0.6 is 35.0 Å². The molecule has 0 N–H and O–H groups in total. The minimum atomic E-state index is -0.510. The maximum absolute atomic E-state index is 12.9. The smallest absolute Gasteiger partial charge is 0.293 e. The van der Waals surface area contributed by atoms with Gasteiger partial charge in [-0.25, -0.2) is 4.90 Å². The quantitative estimate of drug-likeness (QED) is 0.386. The third kappa shape index (κ3) is 5.04. The Kier molecular flexibility index (Phi) is 6.94. The number of hydrogen-bond acceptors (Lipinski definition) is 5. The van der Waals surface area contributed by atoms with Gasteiger partial charge in [-0.15, -0.1) is 0 Å². The van der Waals surface area contributed by atoms with Crippen molar-refractivity contribution in [3.05, 3.63) is 87.9 Å². The molecular formula is C24H19Cl2NO4S. The zero-order valence-corrected chi connectivity index (χ0v) is 19.4. The molecule has 1 aliphatic heterocycles. The lowest BCUT2D eigenvalue weighted by molar-refractivity contribution is -0.117. The van der Waals surface area contributed by atoms with Gasteiger partial charge in [0.15, 0.2) is 11.5 Å². The normalized spacial score (nSPS) is 15.8. The molecule has 5 nitrogen and oxygen atoms in total. The number of halogens is 2. The monoisotopic (exact) mass is 487 g/mol. The first kappa shape index (κ1) is 22.5. The molecule has 164 valence electrons. The van der Waals surface area contributed by atoms with Gasteiger partial charge in [0.1, 0.15) is 6.61 Å². The molecule has 2 amide bonds. The van der Waals surface area contributed by atoms with Gasteiger partial charge in [-0.3, -0.25) is 9.59 Å². The van der Waals surface area contributed by atoms with Crippen LogP contribution in [0.15, 0.2) is 66.7 Å². The van der Waals surface area contributed by atoms with Crippen molar-refractivity contribution in [1.82, 2.24) is 0 Å². The molecule has 8 heteroatoms. The fourth-order valence-corrected chi connectivity index (χ4v) is 4.60. The van der Waals surface area contributed by atoms with Crippen molar-refractivity contribution in [3.8, 4) is 11.5 Å². The highest BCUT2D eigenvalue weighted by Crippen LogP contribution is 2.36. The largest absolute Gasteiger partial charge is 0.493 e. The number of nitrogens with zero attached hydrogens (tertiary/aromatic N) is 1. The summed E-state index contributed by atoms with van der Waals surface area (Å²) in [6.45, 7) is 0.369. The van der Waals surface area contributed by atoms with Crippen molar-refractivity contribution < 1.29 is 19.1 Å². The summed E-state index contributed by atoms with van der Waals surface area (Å²) in [6, 6.07) is 19.6. The maximum atomic E-state index is 12.9. The van der Waals surface area contributed by atoms with Gasteiger partial charge >= 0.3 is 0 Å². The third-order valence-corrected chi connectivity index (χ3v) is 6.50. The molecule has 1 saturated heterocycles. The van der Waals surface area contributed by atoms with Gasteiger partial charge in [-0.2, -0.15) is 0 Å². The molecule has 0 bridgehead atoms. The first-order chi connectivity index (χ1) is 15.4. The van der Waals surface area contributed by atoms with Crippen LogP contribution in [-0.2, 0) is 17.8 Å². The molecule has 0 saturated carbocycles. The summed E-state index contributed by atoms with van der Waals surface area (Å²) in [6.07, 6.45) is 0.396. The molecule has 3 aromatic rings. The van der Waals surface area contributed by atoms with Crippen LogP contribution in [0.25, 0.3) is 0 Å². The Labute approximate surface area is 200 Å². The predicted molar refractivity (Wildman–Crippen MR) is 128 cm³/mol. The fourth-order valence-electron chi connectivity index (χ4n) is 3.32. The molecule has 0 aromatic heterocycles. The Morgan fingerprint density at radius 3 is 2.16 bits per heavy atom. The molecule has 1 heterocycles. The van der Waals surface area contributed by atoms with E-state index in [0.29, 0.717) is 40.3 Å². The Morgan fingerprint density at radius 2 is 1.50 bits per heavy atom. The molecule has 0 radical (unpaired) electrons. The van der Waals surface area contributed by atoms with E-state index in [9.17, 15) is 9.59 Å². The van der Waals surface area contributed by atoms with Gasteiger partial charge in [-0.05, 0) is 66.1 Å². The van der Waals surface area contributed by atoms with Gasteiger partial charge in [0.05, 0.1) is 18.0 Å². The lowest BCUT2D eigenvalue weighted by atomic mass is 10.1. The number of benzene rings is 3. The van der Waals surface area contributed by atoms with Crippen LogP contribution in [0.4, 0.5) is 10.5 Å². The Bertz CT molecular complexity index is 1140. The maximum Gasteiger partial charge on any atom is 0.293 e. The minimum Gasteiger partial charge on any atom is -0.493 e. The van der Waals surface area contributed by atoms with Crippen molar-refractivity contribution in [3.63, 3.8) is 0 Å². The lowest BCUT2D eigenvalue weighted by Crippen LogP contribution is -2.32. The molecule has 1 fully saturated rings. The van der Waals surface area contributed by atoms with Crippen LogP contribution in [0, 0.1) is 0 Å². The van der Waals surface area contributed by atoms with Crippen LogP contribution in [0.3, 0.4) is 0 Å². The first-order valence-corrected chi connectivity index (χ1v) is 11.4. The highest BCUT2D eigenvalue weighted by molar-refractivity contribution is 8.15. The second kappa shape index (κ2) is 9.86. The van der Waals surface area contributed by atoms with Crippen LogP contribution in [0.1, 0.15) is 11.1 Å². The van der Waals surface area contributed by atoms with Gasteiger partial charge in [-0.1, -0.05) is 53.2 Å². The highest BCUT2D eigenvalue weighted by atomic mass is 35.5. The van der Waals surface area contributed by atoms with Crippen molar-refractivity contribution in [2.24, 2.45) is 0 Å². The number of ether oxygens (including phenoxy) is 2. The summed E-state index contributed by atoms with van der Waals surface area (Å²) in [4.78, 5) is 26.6. The van der Waals surface area contributed by atoms with Gasteiger partial charge in [0.25, 0.3) is 5.24 Å². The number of rotatable bonds is 7. The van der Waals surface area contributed by atoms with E-state index in [-0.39, 0.29) is 11.1 Å². The van der Waals surface area contributed by atoms with Crippen molar-refractivity contribution in [2.75, 3.05) is 12.0 Å². The summed E-state index contributed by atoms with van der Waals surface area (Å²) in [7, 11) is 1.57. The number of hydrogen-bond donors (Lipinski definition) is 0. The number of carbonyl (C=O) groups excluding carboxylic acids is 2. The van der Waals surface area contributed by atoms with Crippen LogP contribution in [-0.4, -0.2) is 23.5 Å². The molecule has 1 aliphatic rings. The van der Waals surface area contributed by atoms with Crippen LogP contribution in [0.5, 0.6) is 11.5 Å². The number of methoxy groups -OCH3 is 1. The topological polar surface area (TPSA) is 55.8 Å². The van der Waals surface area contributed by atoms with Gasteiger partial charge in [0, 0.05) is 10.0 Å². The summed E-state index contributed by atoms with van der Waals surface area (Å²) in [5.74, 6) is 0.910. The van der Waals surface area contributed by atoms with E-state index in [1.807, 2.05) is 42.5 Å². The zero-order chi connectivity index (χ0) is 22.7. The summed E-state index contributed by atoms with van der Waals surface area (Å²) in [5.41, 5.74) is 2.37. The summed E-state index contributed by atoms with van der Waals surface area (Å²) >= 11 is 12.9. The van der Waals surface area contributed by atoms with E-state index in [1.54, 1.807) is 31.4 Å². The average Bonchev–Trinajstić information content (AvgIpc) is 3.07. The van der Waals surface area contributed by atoms with E-state index in [1.165, 1.54) is 4.90 Å². The molecule has 3 aromatic carbocycles. The second-order valence-electron chi connectivity index (χ2n) is 7.13. The predicted octanol–water partition coefficient (Wildman–Crippen LogP) is 6.39. The molecule has 0 unspecified atom stereocenters. The van der Waals surface area contributed by atoms with Gasteiger partial charge < -0.3 is 9.47 Å². The number of amides is 2. The fraction of sp³-hybridized carbons (Fsp3) is 0.167. The zero-order valence-electron chi connectivity index (χ0n) is 17.1. The number of anilines is 1. The Balaban J connectivity index is 1.45. The summed E-state index contributed by atoms with van der Waals surface area (Å²) in [5, 5.41) is 0.409. The van der Waals surface area contributed by atoms with E-state index in [2.05, 4.69) is 0 Å². The number of imide groups is 1. The van der Waals surface area contributed by atoms with Crippen LogP contribution < -0.4 is 14.4 Å². The molecule has 0 aliphatic carbocycles. The molecule has 1 atom stereocenters. The standard InChI is InChI=1S/C24H19Cl2NO4S/c1-30-21-12-16(4-11-20(21)31-14-15-2-5-17(25)6-3-15)13-22-23(28)27(24(29)32-22)19-9-7-18(26)8-10-19/h2-12,22H,13-14H2,1H3/t22-/m0/s1. The SMILES string of the molecule is COc1cc(C[C@@H]2SC(=O)N(c3ccc(Cl)cc3)C2=O)ccc1OCc1ccc(Cl)cc1. The summed E-state index contributed by atoms with van der Waals surface area (Å²) < 4.78 is 11.4. The average molecular weight is 488 g/mol. The Hall–Kier alpha value is -2.67. The van der Waals surface area contributed by atoms with Crippen molar-refractivity contribution >= 4 is 51.8 Å². The first-order valence-electron chi connectivity index (χ1n) is 9.79. The van der Waals surface area contributed by atoms with Crippen molar-refractivity contribution in [1.29, 1.82) is 0 Å². The molecule has 32 heavy (non-hydrogen) atoms. The van der Waals surface area contributed by atoms with E-state index < -0.39 is 5.25 Å². The second-order valence-corrected chi connectivity index (χ2v) is 9.15.